The van der Waals surface area contributed by atoms with Crippen molar-refractivity contribution >= 4 is 28.7 Å². The van der Waals surface area contributed by atoms with Crippen molar-refractivity contribution in [1.82, 2.24) is 4.57 Å². The molecule has 1 aliphatic carbocycles. The summed E-state index contributed by atoms with van der Waals surface area (Å²) in [5, 5.41) is 0. The summed E-state index contributed by atoms with van der Waals surface area (Å²) in [5.41, 5.74) is 2.10. The summed E-state index contributed by atoms with van der Waals surface area (Å²) in [4.78, 5) is 13.0. The Morgan fingerprint density at radius 1 is 1.29 bits per heavy atom. The molecule has 0 fully saturated rings. The maximum Gasteiger partial charge on any atom is 0.164 e. The normalized spacial score (nSPS) is 15.0. The summed E-state index contributed by atoms with van der Waals surface area (Å²) >= 11 is 7.52. The molecule has 0 radical (unpaired) electrons. The van der Waals surface area contributed by atoms with E-state index in [1.807, 2.05) is 24.4 Å². The van der Waals surface area contributed by atoms with Crippen molar-refractivity contribution in [2.75, 3.05) is 0 Å². The molecule has 0 atom stereocenters. The molecule has 2 nitrogen and oxygen atoms in total. The van der Waals surface area contributed by atoms with E-state index < -0.39 is 0 Å². The number of hydrogen-bond donors (Lipinski definition) is 0. The number of fused-ring (bicyclic) bond motifs is 1. The molecule has 17 heavy (non-hydrogen) atoms. The largest absolute Gasteiger partial charge is 0.346 e. The lowest BCUT2D eigenvalue weighted by atomic mass is 9.97. The average molecular weight is 266 g/mol. The van der Waals surface area contributed by atoms with Gasteiger partial charge in [-0.3, -0.25) is 4.79 Å². The maximum absolute atomic E-state index is 11.7. The molecule has 3 rings (SSSR count). The first-order valence-electron chi connectivity index (χ1n) is 5.69. The third-order valence-corrected chi connectivity index (χ3v) is 4.37. The zero-order chi connectivity index (χ0) is 11.8. The Balaban J connectivity index is 1.91. The van der Waals surface area contributed by atoms with Crippen molar-refractivity contribution in [2.24, 2.45) is 0 Å². The first-order valence-corrected chi connectivity index (χ1v) is 6.89. The van der Waals surface area contributed by atoms with E-state index in [1.54, 1.807) is 11.3 Å². The fourth-order valence-electron chi connectivity index (χ4n) is 2.34. The fraction of sp³-hybridized carbons (Fsp3) is 0.308. The van der Waals surface area contributed by atoms with E-state index in [0.717, 1.165) is 29.3 Å². The van der Waals surface area contributed by atoms with Crippen LogP contribution in [0.5, 0.6) is 0 Å². The molecule has 88 valence electrons. The molecule has 0 aromatic carbocycles. The van der Waals surface area contributed by atoms with Crippen LogP contribution in [0.25, 0.3) is 0 Å². The lowest BCUT2D eigenvalue weighted by Crippen LogP contribution is -2.13. The summed E-state index contributed by atoms with van der Waals surface area (Å²) < 4.78 is 2.99. The Morgan fingerprint density at radius 2 is 2.18 bits per heavy atom. The van der Waals surface area contributed by atoms with Gasteiger partial charge in [-0.25, -0.2) is 0 Å². The third kappa shape index (κ3) is 2.05. The van der Waals surface area contributed by atoms with Gasteiger partial charge in [0.2, 0.25) is 0 Å². The van der Waals surface area contributed by atoms with E-state index in [2.05, 4.69) is 4.57 Å². The molecular weight excluding hydrogens is 254 g/mol. The molecule has 0 bridgehead atoms. The van der Waals surface area contributed by atoms with Gasteiger partial charge >= 0.3 is 0 Å². The van der Waals surface area contributed by atoms with E-state index in [4.69, 9.17) is 11.6 Å². The van der Waals surface area contributed by atoms with E-state index in [9.17, 15) is 4.79 Å². The zero-order valence-corrected chi connectivity index (χ0v) is 10.9. The van der Waals surface area contributed by atoms with Crippen LogP contribution in [-0.2, 0) is 13.0 Å². The summed E-state index contributed by atoms with van der Waals surface area (Å²) in [6.45, 7) is 0.819. The molecule has 2 aromatic rings. The lowest BCUT2D eigenvalue weighted by Gasteiger charge is -2.14. The Morgan fingerprint density at radius 3 is 2.94 bits per heavy atom. The van der Waals surface area contributed by atoms with E-state index in [-0.39, 0.29) is 5.78 Å². The van der Waals surface area contributed by atoms with Crippen molar-refractivity contribution in [3.05, 3.63) is 44.9 Å². The van der Waals surface area contributed by atoms with E-state index in [0.29, 0.717) is 6.42 Å². The van der Waals surface area contributed by atoms with Crippen LogP contribution in [0.4, 0.5) is 0 Å². The summed E-state index contributed by atoms with van der Waals surface area (Å²) in [6, 6.07) is 5.92. The highest BCUT2D eigenvalue weighted by molar-refractivity contribution is 7.16. The third-order valence-electron chi connectivity index (χ3n) is 3.15. The van der Waals surface area contributed by atoms with Gasteiger partial charge in [-0.05, 0) is 31.0 Å². The second-order valence-electron chi connectivity index (χ2n) is 4.29. The van der Waals surface area contributed by atoms with Crippen molar-refractivity contribution in [1.29, 1.82) is 0 Å². The molecule has 0 unspecified atom stereocenters. The molecule has 0 saturated carbocycles. The van der Waals surface area contributed by atoms with E-state index >= 15 is 0 Å². The van der Waals surface area contributed by atoms with Gasteiger partial charge in [0.05, 0.1) is 10.9 Å². The van der Waals surface area contributed by atoms with Crippen molar-refractivity contribution in [2.45, 2.75) is 25.8 Å². The standard InChI is InChI=1S/C13H12ClNOS/c14-13-5-4-9(17-13)8-15-7-6-10-11(15)2-1-3-12(10)16/h4-7H,1-3,8H2. The molecule has 0 saturated heterocycles. The fourth-order valence-corrected chi connectivity index (χ4v) is 3.43. The predicted molar refractivity (Wildman–Crippen MR) is 70.1 cm³/mol. The Kier molecular flexibility index (Phi) is 2.81. The van der Waals surface area contributed by atoms with Gasteiger partial charge in [-0.1, -0.05) is 11.6 Å². The van der Waals surface area contributed by atoms with Crippen LogP contribution >= 0.6 is 22.9 Å². The highest BCUT2D eigenvalue weighted by Crippen LogP contribution is 2.26. The van der Waals surface area contributed by atoms with Gasteiger partial charge in [0, 0.05) is 28.8 Å². The number of rotatable bonds is 2. The average Bonchev–Trinajstić information content (AvgIpc) is 2.88. The molecule has 4 heteroatoms. The molecule has 1 aliphatic rings. The molecule has 0 spiro atoms. The van der Waals surface area contributed by atoms with Gasteiger partial charge in [0.25, 0.3) is 0 Å². The van der Waals surface area contributed by atoms with Crippen LogP contribution in [0.2, 0.25) is 4.34 Å². The molecule has 0 aliphatic heterocycles. The molecule has 0 N–H and O–H groups in total. The Bertz CT molecular complexity index is 570. The number of ketones is 1. The SMILES string of the molecule is O=C1CCCc2c1ccn2Cc1ccc(Cl)s1. The second-order valence-corrected chi connectivity index (χ2v) is 6.09. The summed E-state index contributed by atoms with van der Waals surface area (Å²) in [5.74, 6) is 0.286. The highest BCUT2D eigenvalue weighted by atomic mass is 35.5. The zero-order valence-electron chi connectivity index (χ0n) is 9.28. The lowest BCUT2D eigenvalue weighted by molar-refractivity contribution is 0.0972. The van der Waals surface area contributed by atoms with Crippen LogP contribution in [0, 0.1) is 0 Å². The van der Waals surface area contributed by atoms with Gasteiger partial charge in [-0.2, -0.15) is 0 Å². The first-order chi connectivity index (χ1) is 8.24. The number of carbonyl (C=O) groups excluding carboxylic acids is 1. The maximum atomic E-state index is 11.7. The number of hydrogen-bond acceptors (Lipinski definition) is 2. The molecule has 2 heterocycles. The van der Waals surface area contributed by atoms with Crippen molar-refractivity contribution < 1.29 is 4.79 Å². The summed E-state index contributed by atoms with van der Waals surface area (Å²) in [7, 11) is 0. The number of aromatic nitrogens is 1. The molecule has 2 aromatic heterocycles. The molecular formula is C13H12ClNOS. The highest BCUT2D eigenvalue weighted by Gasteiger charge is 2.20. The van der Waals surface area contributed by atoms with Crippen LogP contribution in [0.3, 0.4) is 0 Å². The van der Waals surface area contributed by atoms with Crippen LogP contribution in [0.15, 0.2) is 24.4 Å². The van der Waals surface area contributed by atoms with Crippen LogP contribution < -0.4 is 0 Å². The smallest absolute Gasteiger partial charge is 0.164 e. The van der Waals surface area contributed by atoms with Crippen molar-refractivity contribution in [3.8, 4) is 0 Å². The second kappa shape index (κ2) is 4.31. The Hall–Kier alpha value is -1.06. The topological polar surface area (TPSA) is 22.0 Å². The minimum absolute atomic E-state index is 0.286. The minimum atomic E-state index is 0.286. The monoisotopic (exact) mass is 265 g/mol. The van der Waals surface area contributed by atoms with Crippen LogP contribution in [0.1, 0.15) is 33.8 Å². The number of Topliss-reactive ketones (excluding diaryl/α,β-unsaturated/α-hetero) is 1. The number of halogens is 1. The van der Waals surface area contributed by atoms with Gasteiger partial charge < -0.3 is 4.57 Å². The molecule has 0 amide bonds. The number of thiophene rings is 1. The predicted octanol–water partition coefficient (Wildman–Crippen LogP) is 3.77. The quantitative estimate of drug-likeness (QED) is 0.810. The van der Waals surface area contributed by atoms with Crippen LogP contribution in [-0.4, -0.2) is 10.4 Å². The number of carbonyl (C=O) groups is 1. The van der Waals surface area contributed by atoms with Gasteiger partial charge in [-0.15, -0.1) is 11.3 Å². The van der Waals surface area contributed by atoms with E-state index in [1.165, 1.54) is 10.6 Å². The van der Waals surface area contributed by atoms with Gasteiger partial charge in [0.15, 0.2) is 5.78 Å². The van der Waals surface area contributed by atoms with Crippen molar-refractivity contribution in [3.63, 3.8) is 0 Å². The first kappa shape index (κ1) is 11.1. The summed E-state index contributed by atoms with van der Waals surface area (Å²) in [6.07, 6.45) is 4.69. The number of nitrogens with zero attached hydrogens (tertiary/aromatic N) is 1. The Labute approximate surface area is 109 Å². The minimum Gasteiger partial charge on any atom is -0.346 e. The van der Waals surface area contributed by atoms with Gasteiger partial charge in [0.1, 0.15) is 0 Å².